The minimum atomic E-state index is -3.30. The van der Waals surface area contributed by atoms with Crippen LogP contribution < -0.4 is 0 Å². The number of hydrogen-bond donors (Lipinski definition) is 0. The summed E-state index contributed by atoms with van der Waals surface area (Å²) < 4.78 is 12.0. The topological polar surface area (TPSA) is 78.9 Å². The van der Waals surface area contributed by atoms with Gasteiger partial charge in [-0.1, -0.05) is 95.6 Å². The van der Waals surface area contributed by atoms with E-state index in [0.29, 0.717) is 0 Å². The summed E-state index contributed by atoms with van der Waals surface area (Å²) in [4.78, 5) is 34.0. The second-order valence-electron chi connectivity index (χ2n) is 2.50. The first-order valence-electron chi connectivity index (χ1n) is 4.11. The van der Waals surface area contributed by atoms with Crippen LogP contribution in [0.1, 0.15) is 0 Å². The van der Waals surface area contributed by atoms with Crippen LogP contribution in [0.4, 0.5) is 0 Å². The first-order chi connectivity index (χ1) is 8.65. The molecule has 0 saturated carbocycles. The summed E-state index contributed by atoms with van der Waals surface area (Å²) in [6.07, 6.45) is 0. The third-order valence-electron chi connectivity index (χ3n) is 1.17. The molecular weight excluding hydrogens is 674 g/mol. The Morgan fingerprint density at radius 2 is 0.842 bits per heavy atom. The maximum absolute atomic E-state index is 11.3. The van der Waals surface area contributed by atoms with E-state index >= 15 is 0 Å². The molecule has 0 radical (unpaired) electrons. The molecule has 0 spiro atoms. The van der Waals surface area contributed by atoms with E-state index in [0.717, 1.165) is 0 Å². The van der Waals surface area contributed by atoms with Gasteiger partial charge in [0.25, 0.3) is 17.9 Å². The van der Waals surface area contributed by atoms with Gasteiger partial charge in [0.1, 0.15) is 0 Å². The van der Waals surface area contributed by atoms with Gasteiger partial charge >= 0.3 is 15.1 Å². The van der Waals surface area contributed by atoms with Crippen molar-refractivity contribution >= 4 is 129 Å². The van der Waals surface area contributed by atoms with E-state index in [1.807, 2.05) is 0 Å². The fraction of sp³-hybridized carbons (Fsp3) is 0.500. The second kappa shape index (κ2) is 10.5. The number of carbonyl (C=O) groups excluding carboxylic acids is 3. The molecule has 0 atom stereocenters. The Morgan fingerprint density at radius 3 is 1.00 bits per heavy atom. The van der Waals surface area contributed by atoms with Crippen molar-refractivity contribution < 1.29 is 25.7 Å². The van der Waals surface area contributed by atoms with Crippen molar-refractivity contribution in [3.63, 3.8) is 0 Å². The Bertz CT molecular complexity index is 297. The third-order valence-corrected chi connectivity index (χ3v) is 4.69. The van der Waals surface area contributed by atoms with Crippen LogP contribution in [0.2, 0.25) is 0 Å². The Kier molecular flexibility index (Phi) is 11.5. The largest absolute Gasteiger partial charge is 1.20 e. The molecule has 0 unspecified atom stereocenters. The molecule has 0 N–H and O–H groups in total. The predicted octanol–water partition coefficient (Wildman–Crippen LogP) is 2.95. The molecule has 0 aromatic carbocycles. The zero-order chi connectivity index (χ0) is 15.2. The van der Waals surface area contributed by atoms with Gasteiger partial charge in [-0.05, 0) is 0 Å². The first kappa shape index (κ1) is 20.8. The van der Waals surface area contributed by atoms with E-state index < -0.39 is 44.3 Å². The molecule has 6 nitrogen and oxygen atoms in total. The van der Waals surface area contributed by atoms with Crippen molar-refractivity contribution in [3.8, 4) is 0 Å². The fourth-order valence-electron chi connectivity index (χ4n) is 0.511. The molecule has 0 aliphatic rings. The van der Waals surface area contributed by atoms with Crippen molar-refractivity contribution in [1.29, 1.82) is 0 Å². The van der Waals surface area contributed by atoms with Gasteiger partial charge in [0, 0.05) is 0 Å². The van der Waals surface area contributed by atoms with Crippen LogP contribution in [0.25, 0.3) is 0 Å². The van der Waals surface area contributed by atoms with Crippen LogP contribution in [0.5, 0.6) is 0 Å². The number of carbonyl (C=O) groups is 3. The Morgan fingerprint density at radius 1 is 0.632 bits per heavy atom. The van der Waals surface area contributed by atoms with Crippen LogP contribution in [-0.4, -0.2) is 44.3 Å². The maximum atomic E-state index is 11.3. The van der Waals surface area contributed by atoms with E-state index in [1.165, 1.54) is 0 Å². The van der Waals surface area contributed by atoms with Gasteiger partial charge in [0.15, 0.2) is 11.2 Å². The van der Waals surface area contributed by atoms with Gasteiger partial charge in [0.2, 0.25) is 0 Å². The minimum absolute atomic E-state index is 0.779. The lowest BCUT2D eigenvalue weighted by molar-refractivity contribution is -0.145. The van der Waals surface area contributed by atoms with E-state index in [4.69, 9.17) is 11.4 Å². The zero-order valence-electron chi connectivity index (χ0n) is 8.53. The van der Waals surface area contributed by atoms with Crippen molar-refractivity contribution in [3.05, 3.63) is 0 Å². The molecule has 0 amide bonds. The van der Waals surface area contributed by atoms with Crippen LogP contribution in [0.3, 0.4) is 0 Å². The van der Waals surface area contributed by atoms with Gasteiger partial charge in [0.05, 0.1) is 0 Å². The number of hydrogen-bond acceptors (Lipinski definition) is 6. The van der Waals surface area contributed by atoms with Gasteiger partial charge < -0.3 is 11.4 Å². The molecule has 19 heavy (non-hydrogen) atoms. The molecule has 0 saturated heterocycles. The third kappa shape index (κ3) is 9.44. The van der Waals surface area contributed by atoms with Gasteiger partial charge in [-0.3, -0.25) is 14.4 Å². The summed E-state index contributed by atoms with van der Waals surface area (Å²) in [5.74, 6) is -2.34. The Balaban J connectivity index is 4.68. The molecule has 0 rings (SSSR count). The number of alkyl halides is 6. The standard InChI is InChI=1S/3C2H2Br2O2.Al/c3*3-1(4)2(5)6;/h3*1H,(H,5,6);/q;;;+3/p-3. The van der Waals surface area contributed by atoms with Crippen LogP contribution in [0.15, 0.2) is 0 Å². The van der Waals surface area contributed by atoms with Crippen LogP contribution in [-0.2, 0) is 25.7 Å². The molecule has 0 aliphatic carbocycles. The van der Waals surface area contributed by atoms with E-state index in [9.17, 15) is 14.4 Å². The van der Waals surface area contributed by atoms with Crippen LogP contribution in [0, 0.1) is 0 Å². The predicted molar refractivity (Wildman–Crippen MR) is 89.0 cm³/mol. The molecule has 0 aliphatic heterocycles. The highest BCUT2D eigenvalue weighted by molar-refractivity contribution is 9.25. The summed E-state index contributed by atoms with van der Waals surface area (Å²) in [7, 11) is 0. The summed E-state index contributed by atoms with van der Waals surface area (Å²) in [6, 6.07) is 0. The molecule has 0 bridgehead atoms. The SMILES string of the molecule is O=C([O][Al]([O]C(=O)C(Br)Br)[O]C(=O)C(Br)Br)C(Br)Br. The summed E-state index contributed by atoms with van der Waals surface area (Å²) in [5.41, 5.74) is 0. The van der Waals surface area contributed by atoms with Gasteiger partial charge in [-0.2, -0.15) is 0 Å². The monoisotopic (exact) mass is 671 g/mol. The number of rotatable bonds is 6. The van der Waals surface area contributed by atoms with E-state index in [1.54, 1.807) is 0 Å². The van der Waals surface area contributed by atoms with Crippen LogP contribution >= 0.6 is 95.6 Å². The Labute approximate surface area is 163 Å². The van der Waals surface area contributed by atoms with E-state index in [2.05, 4.69) is 95.6 Å². The van der Waals surface area contributed by atoms with Gasteiger partial charge in [-0.25, -0.2) is 0 Å². The maximum Gasteiger partial charge on any atom is 1.20 e. The molecule has 13 heteroatoms. The molecule has 0 fully saturated rings. The fourth-order valence-corrected chi connectivity index (χ4v) is 3.48. The highest BCUT2D eigenvalue weighted by Gasteiger charge is 2.50. The van der Waals surface area contributed by atoms with Crippen molar-refractivity contribution in [1.82, 2.24) is 0 Å². The average Bonchev–Trinajstić information content (AvgIpc) is 2.27. The quantitative estimate of drug-likeness (QED) is 0.318. The molecule has 108 valence electrons. The highest BCUT2D eigenvalue weighted by atomic mass is 79.9. The van der Waals surface area contributed by atoms with Crippen molar-refractivity contribution in [2.45, 2.75) is 11.2 Å². The zero-order valence-corrected chi connectivity index (χ0v) is 19.2. The average molecular weight is 677 g/mol. The van der Waals surface area contributed by atoms with Gasteiger partial charge in [-0.15, -0.1) is 0 Å². The molecule has 0 aromatic heterocycles. The summed E-state index contributed by atoms with van der Waals surface area (Å²) in [6.45, 7) is 0. The van der Waals surface area contributed by atoms with E-state index in [-0.39, 0.29) is 0 Å². The Hall–Kier alpha value is 1.82. The normalized spacial score (nSPS) is 10.6. The van der Waals surface area contributed by atoms with Crippen molar-refractivity contribution in [2.24, 2.45) is 0 Å². The summed E-state index contributed by atoms with van der Waals surface area (Å²) >= 11 is 14.1. The lowest BCUT2D eigenvalue weighted by atomic mass is 10.8. The smallest absolute Gasteiger partial charge is 0.549 e. The molecular formula is C6H3AlBr6O6. The van der Waals surface area contributed by atoms with Crippen molar-refractivity contribution in [2.75, 3.05) is 0 Å². The molecule has 0 heterocycles. The second-order valence-corrected chi connectivity index (χ2v) is 13.0. The lowest BCUT2D eigenvalue weighted by Crippen LogP contribution is -2.38. The minimum Gasteiger partial charge on any atom is -0.549 e. The number of halogens is 6. The first-order valence-corrected chi connectivity index (χ1v) is 11.0. The lowest BCUT2D eigenvalue weighted by Gasteiger charge is -2.14. The highest BCUT2D eigenvalue weighted by Crippen LogP contribution is 2.16. The summed E-state index contributed by atoms with van der Waals surface area (Å²) in [5, 5.41) is 0. The molecule has 0 aromatic rings.